The SMILES string of the molecule is CC(C)C1C(=O)NC(=O)N(C(C)c2ccc(Cl)s2)C1=O. The van der Waals surface area contributed by atoms with E-state index in [1.807, 2.05) is 0 Å². The van der Waals surface area contributed by atoms with E-state index in [1.54, 1.807) is 32.9 Å². The Morgan fingerprint density at radius 2 is 1.90 bits per heavy atom. The lowest BCUT2D eigenvalue weighted by Gasteiger charge is -2.35. The summed E-state index contributed by atoms with van der Waals surface area (Å²) in [6, 6.07) is 2.37. The van der Waals surface area contributed by atoms with Gasteiger partial charge in [0.15, 0.2) is 0 Å². The molecular weight excluding hydrogens is 300 g/mol. The van der Waals surface area contributed by atoms with E-state index in [0.717, 1.165) is 9.78 Å². The molecule has 0 saturated carbocycles. The summed E-state index contributed by atoms with van der Waals surface area (Å²) in [6.07, 6.45) is 0. The Morgan fingerprint density at radius 1 is 1.25 bits per heavy atom. The average molecular weight is 315 g/mol. The summed E-state index contributed by atoms with van der Waals surface area (Å²) in [5.41, 5.74) is 0. The van der Waals surface area contributed by atoms with Crippen LogP contribution in [0.15, 0.2) is 12.1 Å². The number of halogens is 1. The molecule has 1 aliphatic heterocycles. The summed E-state index contributed by atoms with van der Waals surface area (Å²) < 4.78 is 0.591. The van der Waals surface area contributed by atoms with Crippen molar-refractivity contribution in [1.82, 2.24) is 10.2 Å². The van der Waals surface area contributed by atoms with Crippen LogP contribution in [0.2, 0.25) is 4.34 Å². The van der Waals surface area contributed by atoms with Crippen molar-refractivity contribution in [2.45, 2.75) is 26.8 Å². The number of rotatable bonds is 3. The van der Waals surface area contributed by atoms with Crippen molar-refractivity contribution in [1.29, 1.82) is 0 Å². The van der Waals surface area contributed by atoms with Gasteiger partial charge in [-0.15, -0.1) is 11.3 Å². The molecule has 108 valence electrons. The van der Waals surface area contributed by atoms with Crippen LogP contribution in [0.1, 0.15) is 31.7 Å². The van der Waals surface area contributed by atoms with Crippen LogP contribution in [-0.2, 0) is 9.59 Å². The molecule has 0 radical (unpaired) electrons. The van der Waals surface area contributed by atoms with E-state index in [-0.39, 0.29) is 5.92 Å². The number of thiophene rings is 1. The molecule has 20 heavy (non-hydrogen) atoms. The Bertz CT molecular complexity index is 570. The second-order valence-electron chi connectivity index (χ2n) is 5.04. The summed E-state index contributed by atoms with van der Waals surface area (Å²) in [5.74, 6) is -1.98. The molecule has 2 atom stereocenters. The van der Waals surface area contributed by atoms with Gasteiger partial charge in [-0.1, -0.05) is 25.4 Å². The van der Waals surface area contributed by atoms with Crippen LogP contribution < -0.4 is 5.32 Å². The molecule has 5 nitrogen and oxygen atoms in total. The van der Waals surface area contributed by atoms with E-state index in [4.69, 9.17) is 11.6 Å². The third-order valence-electron chi connectivity index (χ3n) is 3.29. The van der Waals surface area contributed by atoms with Gasteiger partial charge in [0.25, 0.3) is 0 Å². The van der Waals surface area contributed by atoms with E-state index in [2.05, 4.69) is 5.32 Å². The number of nitrogens with zero attached hydrogens (tertiary/aromatic N) is 1. The first-order valence-corrected chi connectivity index (χ1v) is 7.45. The molecule has 1 saturated heterocycles. The molecule has 0 aliphatic carbocycles. The number of hydrogen-bond donors (Lipinski definition) is 1. The van der Waals surface area contributed by atoms with E-state index in [0.29, 0.717) is 4.34 Å². The average Bonchev–Trinajstić information content (AvgIpc) is 2.74. The number of urea groups is 1. The maximum atomic E-state index is 12.4. The fourth-order valence-electron chi connectivity index (χ4n) is 2.24. The second kappa shape index (κ2) is 5.54. The van der Waals surface area contributed by atoms with Crippen molar-refractivity contribution in [3.05, 3.63) is 21.3 Å². The van der Waals surface area contributed by atoms with Gasteiger partial charge in [-0.3, -0.25) is 19.8 Å². The molecule has 2 unspecified atom stereocenters. The maximum absolute atomic E-state index is 12.4. The standard InChI is InChI=1S/C13H15ClN2O3S/c1-6(2)10-11(17)15-13(19)16(12(10)18)7(3)8-4-5-9(14)20-8/h4-7,10H,1-3H3,(H,15,17,19). The number of carbonyl (C=O) groups is 3. The summed E-state index contributed by atoms with van der Waals surface area (Å²) in [7, 11) is 0. The minimum Gasteiger partial charge on any atom is -0.277 e. The van der Waals surface area contributed by atoms with E-state index < -0.39 is 29.8 Å². The molecule has 2 heterocycles. The van der Waals surface area contributed by atoms with Crippen molar-refractivity contribution in [3.8, 4) is 0 Å². The van der Waals surface area contributed by atoms with Gasteiger partial charge in [0.1, 0.15) is 5.92 Å². The Balaban J connectivity index is 2.32. The molecule has 4 amide bonds. The third-order valence-corrected chi connectivity index (χ3v) is 4.70. The first kappa shape index (κ1) is 15.0. The van der Waals surface area contributed by atoms with Crippen LogP contribution in [0.5, 0.6) is 0 Å². The summed E-state index contributed by atoms with van der Waals surface area (Å²) in [5, 5.41) is 2.25. The molecule has 7 heteroatoms. The summed E-state index contributed by atoms with van der Waals surface area (Å²) in [6.45, 7) is 5.30. The Hall–Kier alpha value is -1.40. The molecule has 1 aromatic heterocycles. The van der Waals surface area contributed by atoms with Crippen LogP contribution in [0.4, 0.5) is 4.79 Å². The van der Waals surface area contributed by atoms with Gasteiger partial charge in [-0.05, 0) is 25.0 Å². The van der Waals surface area contributed by atoms with Gasteiger partial charge < -0.3 is 0 Å². The summed E-state index contributed by atoms with van der Waals surface area (Å²) >= 11 is 7.19. The minimum absolute atomic E-state index is 0.169. The lowest BCUT2D eigenvalue weighted by Crippen LogP contribution is -2.59. The second-order valence-corrected chi connectivity index (χ2v) is 6.79. The first-order valence-electron chi connectivity index (χ1n) is 6.26. The largest absolute Gasteiger partial charge is 0.331 e. The molecule has 1 N–H and O–H groups in total. The van der Waals surface area contributed by atoms with E-state index in [1.165, 1.54) is 11.3 Å². The maximum Gasteiger partial charge on any atom is 0.331 e. The molecule has 0 bridgehead atoms. The third kappa shape index (κ3) is 2.58. The van der Waals surface area contributed by atoms with Gasteiger partial charge in [-0.2, -0.15) is 0 Å². The fourth-order valence-corrected chi connectivity index (χ4v) is 3.34. The van der Waals surface area contributed by atoms with Crippen molar-refractivity contribution < 1.29 is 14.4 Å². The van der Waals surface area contributed by atoms with Crippen molar-refractivity contribution in [2.24, 2.45) is 11.8 Å². The Kier molecular flexibility index (Phi) is 4.15. The molecule has 0 aromatic carbocycles. The number of hydrogen-bond acceptors (Lipinski definition) is 4. The zero-order valence-corrected chi connectivity index (χ0v) is 12.9. The van der Waals surface area contributed by atoms with Gasteiger partial charge in [0.05, 0.1) is 10.4 Å². The molecule has 0 spiro atoms. The highest BCUT2D eigenvalue weighted by atomic mass is 35.5. The monoisotopic (exact) mass is 314 g/mol. The van der Waals surface area contributed by atoms with Crippen LogP contribution in [0.3, 0.4) is 0 Å². The van der Waals surface area contributed by atoms with E-state index >= 15 is 0 Å². The zero-order chi connectivity index (χ0) is 15.0. The first-order chi connectivity index (χ1) is 9.32. The Morgan fingerprint density at radius 3 is 2.40 bits per heavy atom. The minimum atomic E-state index is -0.828. The number of amides is 4. The number of imide groups is 2. The fraction of sp³-hybridized carbons (Fsp3) is 0.462. The highest BCUT2D eigenvalue weighted by molar-refractivity contribution is 7.16. The molecule has 1 aliphatic rings. The van der Waals surface area contributed by atoms with Crippen LogP contribution in [0, 0.1) is 11.8 Å². The normalized spacial score (nSPS) is 21.4. The van der Waals surface area contributed by atoms with Crippen LogP contribution in [-0.4, -0.2) is 22.7 Å². The molecule has 2 rings (SSSR count). The molecule has 1 fully saturated rings. The number of carbonyl (C=O) groups excluding carboxylic acids is 3. The smallest absolute Gasteiger partial charge is 0.277 e. The zero-order valence-electron chi connectivity index (χ0n) is 11.3. The summed E-state index contributed by atoms with van der Waals surface area (Å²) in [4.78, 5) is 38.0. The van der Waals surface area contributed by atoms with Gasteiger partial charge in [-0.25, -0.2) is 4.79 Å². The van der Waals surface area contributed by atoms with Crippen molar-refractivity contribution >= 4 is 40.8 Å². The topological polar surface area (TPSA) is 66.5 Å². The van der Waals surface area contributed by atoms with Gasteiger partial charge >= 0.3 is 6.03 Å². The highest BCUT2D eigenvalue weighted by Gasteiger charge is 2.44. The number of nitrogens with one attached hydrogen (secondary N) is 1. The lowest BCUT2D eigenvalue weighted by molar-refractivity contribution is -0.145. The predicted octanol–water partition coefficient (Wildman–Crippen LogP) is 2.81. The number of barbiturate groups is 1. The lowest BCUT2D eigenvalue weighted by atomic mass is 9.91. The van der Waals surface area contributed by atoms with Crippen LogP contribution in [0.25, 0.3) is 0 Å². The highest BCUT2D eigenvalue weighted by Crippen LogP contribution is 2.33. The van der Waals surface area contributed by atoms with E-state index in [9.17, 15) is 14.4 Å². The van der Waals surface area contributed by atoms with Gasteiger partial charge in [0, 0.05) is 4.88 Å². The van der Waals surface area contributed by atoms with Gasteiger partial charge in [0.2, 0.25) is 11.8 Å². The molecular formula is C13H15ClN2O3S. The Labute approximate surface area is 125 Å². The molecule has 1 aromatic rings. The van der Waals surface area contributed by atoms with Crippen molar-refractivity contribution in [3.63, 3.8) is 0 Å². The van der Waals surface area contributed by atoms with Crippen molar-refractivity contribution in [2.75, 3.05) is 0 Å². The van der Waals surface area contributed by atoms with Crippen LogP contribution >= 0.6 is 22.9 Å². The quantitative estimate of drug-likeness (QED) is 0.872. The predicted molar refractivity (Wildman–Crippen MR) is 76.5 cm³/mol.